The van der Waals surface area contributed by atoms with Crippen LogP contribution in [0.4, 0.5) is 0 Å². The smallest absolute Gasteiger partial charge is 0.0487 e. The molecule has 0 nitrogen and oxygen atoms in total. The van der Waals surface area contributed by atoms with Crippen LogP contribution in [0.25, 0.3) is 10.8 Å². The molecule has 0 aromatic heterocycles. The Bertz CT molecular complexity index is 972. The normalized spacial score (nSPS) is 18.8. The highest BCUT2D eigenvalue weighted by Gasteiger charge is 2.28. The largest absolute Gasteiger partial charge is 0.0894 e. The third-order valence-corrected chi connectivity index (χ3v) is 5.78. The standard InChI is InChI=1S/C25H23Cl/c1-2-5-19-11-16-24-22-7-4-3-6-20(22)12-17-25(24)23(19)15-10-18-8-13-21(26)14-9-18/h3-4,6-9,12-14,17,19,23H,2,5,11,16H2,1H3/t19-,23+/m1/s1. The second kappa shape index (κ2) is 7.56. The van der Waals surface area contributed by atoms with Gasteiger partial charge in [-0.2, -0.15) is 0 Å². The first-order valence-electron chi connectivity index (χ1n) is 9.54. The summed E-state index contributed by atoms with van der Waals surface area (Å²) in [6, 6.07) is 21.2. The van der Waals surface area contributed by atoms with Gasteiger partial charge in [0.1, 0.15) is 0 Å². The van der Waals surface area contributed by atoms with E-state index < -0.39 is 0 Å². The zero-order valence-electron chi connectivity index (χ0n) is 15.1. The molecule has 0 unspecified atom stereocenters. The van der Waals surface area contributed by atoms with E-state index in [0.29, 0.717) is 11.8 Å². The van der Waals surface area contributed by atoms with Crippen molar-refractivity contribution in [1.29, 1.82) is 0 Å². The van der Waals surface area contributed by atoms with Gasteiger partial charge in [0, 0.05) is 16.5 Å². The summed E-state index contributed by atoms with van der Waals surface area (Å²) in [5.74, 6) is 8.00. The van der Waals surface area contributed by atoms with Crippen LogP contribution in [-0.4, -0.2) is 0 Å². The molecular formula is C25H23Cl. The van der Waals surface area contributed by atoms with E-state index in [4.69, 9.17) is 11.6 Å². The average Bonchev–Trinajstić information content (AvgIpc) is 2.68. The summed E-state index contributed by atoms with van der Waals surface area (Å²) in [5, 5.41) is 3.50. The van der Waals surface area contributed by atoms with E-state index in [-0.39, 0.29) is 0 Å². The molecule has 26 heavy (non-hydrogen) atoms. The highest BCUT2D eigenvalue weighted by Crippen LogP contribution is 2.41. The molecule has 0 aliphatic heterocycles. The van der Waals surface area contributed by atoms with Gasteiger partial charge >= 0.3 is 0 Å². The minimum atomic E-state index is 0.319. The van der Waals surface area contributed by atoms with Gasteiger partial charge in [0.05, 0.1) is 0 Å². The minimum Gasteiger partial charge on any atom is -0.0894 e. The lowest BCUT2D eigenvalue weighted by atomic mass is 9.72. The van der Waals surface area contributed by atoms with Crippen LogP contribution in [0.5, 0.6) is 0 Å². The molecule has 1 heteroatoms. The summed E-state index contributed by atoms with van der Waals surface area (Å²) >= 11 is 6.00. The van der Waals surface area contributed by atoms with Crippen molar-refractivity contribution in [3.8, 4) is 11.8 Å². The first-order chi connectivity index (χ1) is 12.8. The van der Waals surface area contributed by atoms with Crippen molar-refractivity contribution in [2.24, 2.45) is 5.92 Å². The summed E-state index contributed by atoms with van der Waals surface area (Å²) in [7, 11) is 0. The van der Waals surface area contributed by atoms with E-state index in [1.54, 1.807) is 0 Å². The Morgan fingerprint density at radius 1 is 1.00 bits per heavy atom. The fourth-order valence-electron chi connectivity index (χ4n) is 4.25. The van der Waals surface area contributed by atoms with Crippen LogP contribution in [0.2, 0.25) is 5.02 Å². The van der Waals surface area contributed by atoms with Crippen LogP contribution < -0.4 is 0 Å². The van der Waals surface area contributed by atoms with E-state index in [9.17, 15) is 0 Å². The Labute approximate surface area is 161 Å². The second-order valence-corrected chi connectivity index (χ2v) is 7.63. The van der Waals surface area contributed by atoms with Crippen LogP contribution in [0.3, 0.4) is 0 Å². The maximum absolute atomic E-state index is 6.00. The van der Waals surface area contributed by atoms with Crippen molar-refractivity contribution in [3.63, 3.8) is 0 Å². The Morgan fingerprint density at radius 2 is 1.81 bits per heavy atom. The predicted molar refractivity (Wildman–Crippen MR) is 112 cm³/mol. The summed E-state index contributed by atoms with van der Waals surface area (Å²) in [6.07, 6.45) is 4.86. The van der Waals surface area contributed by atoms with Gasteiger partial charge in [0.15, 0.2) is 0 Å². The molecular weight excluding hydrogens is 336 g/mol. The first kappa shape index (κ1) is 17.2. The van der Waals surface area contributed by atoms with Gasteiger partial charge < -0.3 is 0 Å². The monoisotopic (exact) mass is 358 g/mol. The van der Waals surface area contributed by atoms with Crippen molar-refractivity contribution < 1.29 is 0 Å². The van der Waals surface area contributed by atoms with Gasteiger partial charge in [-0.05, 0) is 71.3 Å². The Kier molecular flexibility index (Phi) is 5.00. The third kappa shape index (κ3) is 3.37. The molecule has 130 valence electrons. The number of rotatable bonds is 2. The maximum atomic E-state index is 6.00. The molecule has 0 spiro atoms. The SMILES string of the molecule is CCC[C@@H]1CCc2c(ccc3ccccc23)[C@H]1C#Cc1ccc(Cl)cc1. The molecule has 2 atom stereocenters. The molecule has 3 aromatic carbocycles. The van der Waals surface area contributed by atoms with Crippen LogP contribution in [0, 0.1) is 17.8 Å². The Balaban J connectivity index is 1.78. The lowest BCUT2D eigenvalue weighted by molar-refractivity contribution is 0.394. The molecule has 0 saturated heterocycles. The van der Waals surface area contributed by atoms with Gasteiger partial charge in [-0.25, -0.2) is 0 Å². The lowest BCUT2D eigenvalue weighted by Gasteiger charge is -2.31. The molecule has 0 amide bonds. The molecule has 0 saturated carbocycles. The van der Waals surface area contributed by atoms with Crippen LogP contribution in [0.1, 0.15) is 48.8 Å². The summed E-state index contributed by atoms with van der Waals surface area (Å²) in [4.78, 5) is 0. The van der Waals surface area contributed by atoms with E-state index in [2.05, 4.69) is 55.2 Å². The maximum Gasteiger partial charge on any atom is 0.0487 e. The highest BCUT2D eigenvalue weighted by atomic mass is 35.5. The molecule has 0 N–H and O–H groups in total. The number of fused-ring (bicyclic) bond motifs is 3. The average molecular weight is 359 g/mol. The van der Waals surface area contributed by atoms with Gasteiger partial charge in [-0.15, -0.1) is 0 Å². The van der Waals surface area contributed by atoms with Crippen molar-refractivity contribution in [2.45, 2.75) is 38.5 Å². The highest BCUT2D eigenvalue weighted by molar-refractivity contribution is 6.30. The van der Waals surface area contributed by atoms with Crippen molar-refractivity contribution in [3.05, 3.63) is 82.4 Å². The number of halogens is 1. The fraction of sp³-hybridized carbons (Fsp3) is 0.280. The van der Waals surface area contributed by atoms with Crippen LogP contribution in [-0.2, 0) is 6.42 Å². The minimum absolute atomic E-state index is 0.319. The van der Waals surface area contributed by atoms with Gasteiger partial charge in [-0.3, -0.25) is 0 Å². The first-order valence-corrected chi connectivity index (χ1v) is 9.91. The summed E-state index contributed by atoms with van der Waals surface area (Å²) in [6.45, 7) is 2.28. The molecule has 0 radical (unpaired) electrons. The lowest BCUT2D eigenvalue weighted by Crippen LogP contribution is -2.20. The van der Waals surface area contributed by atoms with Crippen LogP contribution >= 0.6 is 11.6 Å². The molecule has 0 bridgehead atoms. The topological polar surface area (TPSA) is 0 Å². The zero-order valence-corrected chi connectivity index (χ0v) is 15.9. The Morgan fingerprint density at radius 3 is 2.62 bits per heavy atom. The fourth-order valence-corrected chi connectivity index (χ4v) is 4.37. The molecule has 3 aromatic rings. The van der Waals surface area contributed by atoms with Crippen molar-refractivity contribution >= 4 is 22.4 Å². The molecule has 1 aliphatic rings. The third-order valence-electron chi connectivity index (χ3n) is 5.52. The summed E-state index contributed by atoms with van der Waals surface area (Å²) < 4.78 is 0. The number of aryl methyl sites for hydroxylation is 1. The number of hydrogen-bond acceptors (Lipinski definition) is 0. The van der Waals surface area contributed by atoms with E-state index in [1.165, 1.54) is 47.6 Å². The predicted octanol–water partition coefficient (Wildman–Crippen LogP) is 6.99. The molecule has 0 heterocycles. The van der Waals surface area contributed by atoms with Gasteiger partial charge in [-0.1, -0.05) is 73.2 Å². The van der Waals surface area contributed by atoms with E-state index in [1.807, 2.05) is 24.3 Å². The molecule has 0 fully saturated rings. The van der Waals surface area contributed by atoms with Gasteiger partial charge in [0.2, 0.25) is 0 Å². The zero-order chi connectivity index (χ0) is 17.9. The van der Waals surface area contributed by atoms with E-state index >= 15 is 0 Å². The van der Waals surface area contributed by atoms with Crippen molar-refractivity contribution in [1.82, 2.24) is 0 Å². The van der Waals surface area contributed by atoms with Crippen molar-refractivity contribution in [2.75, 3.05) is 0 Å². The quantitative estimate of drug-likeness (QED) is 0.433. The van der Waals surface area contributed by atoms with E-state index in [0.717, 1.165) is 10.6 Å². The molecule has 1 aliphatic carbocycles. The van der Waals surface area contributed by atoms with Gasteiger partial charge in [0.25, 0.3) is 0 Å². The Hall–Kier alpha value is -2.23. The summed E-state index contributed by atoms with van der Waals surface area (Å²) in [5.41, 5.74) is 3.98. The number of hydrogen-bond donors (Lipinski definition) is 0. The van der Waals surface area contributed by atoms with Crippen LogP contribution in [0.15, 0.2) is 60.7 Å². The molecule has 4 rings (SSSR count). The number of benzene rings is 3. The second-order valence-electron chi connectivity index (χ2n) is 7.20.